The average molecular weight is 1180 g/mol. The van der Waals surface area contributed by atoms with Gasteiger partial charge in [-0.3, -0.25) is 19.2 Å². The maximum Gasteiger partial charge on any atom is 0.349 e. The van der Waals surface area contributed by atoms with E-state index < -0.39 is 89.9 Å². The molecule has 0 saturated heterocycles. The van der Waals surface area contributed by atoms with Crippen molar-refractivity contribution in [3.8, 4) is 46.0 Å². The minimum absolute atomic E-state index is 0. The van der Waals surface area contributed by atoms with Crippen molar-refractivity contribution in [2.24, 2.45) is 11.5 Å². The van der Waals surface area contributed by atoms with Crippen LogP contribution < -0.4 is 49.9 Å². The Morgan fingerprint density at radius 1 is 0.637 bits per heavy atom. The summed E-state index contributed by atoms with van der Waals surface area (Å²) in [6.45, 7) is -15.3. The van der Waals surface area contributed by atoms with Crippen LogP contribution in [-0.2, 0) is 34.0 Å². The SMILES string of the molecule is C.CC(=O)Nc1cccc2c1C(=O)OC2=O.CC(=O)O.COc1ccc(C=O)cc1O.[2H]C([2H])([2H])C([2H])([2H])Oc1cc(C(N)CS(C)(=O)=O)ccc1OC.[2H]C([2H])([2H])C([2H])([2H])Oc1cc(C=O)ccc1OC.[2H]C([2H])([2H])C([2H])([2H])Oc1cc([C@H](N)CS(C)(=O)=O)ccc1OC. The van der Waals surface area contributed by atoms with Crippen LogP contribution in [0.3, 0.4) is 0 Å². The lowest BCUT2D eigenvalue weighted by Crippen LogP contribution is -2.20. The number of carboxylic acids is 1. The van der Waals surface area contributed by atoms with Crippen LogP contribution in [0.1, 0.15) is 127 Å². The molecule has 440 valence electrons. The number of benzene rings is 5. The smallest absolute Gasteiger partial charge is 0.349 e. The lowest BCUT2D eigenvalue weighted by Gasteiger charge is -2.15. The van der Waals surface area contributed by atoms with Crippen LogP contribution in [0.15, 0.2) is 91.0 Å². The fourth-order valence-electron chi connectivity index (χ4n) is 6.07. The molecule has 6 rings (SSSR count). The number of phenols is 1. The van der Waals surface area contributed by atoms with Gasteiger partial charge in [0.15, 0.2) is 46.0 Å². The first kappa shape index (κ1) is 48.8. The van der Waals surface area contributed by atoms with E-state index in [4.69, 9.17) is 80.2 Å². The van der Waals surface area contributed by atoms with Gasteiger partial charge in [-0.2, -0.15) is 0 Å². The first-order valence-electron chi connectivity index (χ1n) is 29.5. The Bertz CT molecular complexity index is 3570. The van der Waals surface area contributed by atoms with Crippen molar-refractivity contribution < 1.29 is 114 Å². The fourth-order valence-corrected chi connectivity index (χ4v) is 7.76. The second kappa shape index (κ2) is 36.0. The molecule has 1 heterocycles. The minimum Gasteiger partial charge on any atom is -0.504 e. The monoisotopic (exact) mass is 1170 g/mol. The first-order valence-corrected chi connectivity index (χ1v) is 26.1. The molecule has 5 aromatic carbocycles. The molecule has 7 N–H and O–H groups in total. The number of hydrogen-bond donors (Lipinski definition) is 5. The molecule has 2 atom stereocenters. The summed E-state index contributed by atoms with van der Waals surface area (Å²) in [6.07, 6.45) is 3.29. The van der Waals surface area contributed by atoms with Gasteiger partial charge >= 0.3 is 11.9 Å². The summed E-state index contributed by atoms with van der Waals surface area (Å²) in [5, 5.41) is 19.0. The third kappa shape index (κ3) is 25.9. The molecular formula is C55H73N3O20S2. The number of anilines is 1. The summed E-state index contributed by atoms with van der Waals surface area (Å²) in [4.78, 5) is 63.1. The summed E-state index contributed by atoms with van der Waals surface area (Å²) in [5.74, 6) is -2.94. The molecule has 0 fully saturated rings. The number of nitrogens with one attached hydrogen (secondary N) is 1. The number of aldehydes is 2. The number of rotatable bonds is 19. The van der Waals surface area contributed by atoms with E-state index in [1.807, 2.05) is 0 Å². The van der Waals surface area contributed by atoms with Crippen molar-refractivity contribution >= 4 is 61.7 Å². The van der Waals surface area contributed by atoms with E-state index in [-0.39, 0.29) is 81.8 Å². The van der Waals surface area contributed by atoms with Gasteiger partial charge in [-0.1, -0.05) is 25.6 Å². The number of esters is 2. The Morgan fingerprint density at radius 2 is 1.02 bits per heavy atom. The molecule has 5 aromatic rings. The lowest BCUT2D eigenvalue weighted by molar-refractivity contribution is -0.134. The predicted molar refractivity (Wildman–Crippen MR) is 302 cm³/mol. The van der Waals surface area contributed by atoms with E-state index >= 15 is 0 Å². The summed E-state index contributed by atoms with van der Waals surface area (Å²) in [7, 11) is -1.24. The molecule has 25 heteroatoms. The van der Waals surface area contributed by atoms with Crippen LogP contribution in [0.2, 0.25) is 0 Å². The Hall–Kier alpha value is -8.26. The first-order chi connectivity index (χ1) is 42.8. The molecule has 0 spiro atoms. The van der Waals surface area contributed by atoms with E-state index in [2.05, 4.69) is 10.1 Å². The van der Waals surface area contributed by atoms with Crippen molar-refractivity contribution in [1.82, 2.24) is 0 Å². The molecule has 23 nitrogen and oxygen atoms in total. The maximum atomic E-state index is 11.3. The lowest BCUT2D eigenvalue weighted by atomic mass is 10.1. The fraction of sp³-hybridized carbons (Fsp3) is 0.345. The van der Waals surface area contributed by atoms with Crippen molar-refractivity contribution in [3.05, 3.63) is 124 Å². The Morgan fingerprint density at radius 3 is 1.39 bits per heavy atom. The van der Waals surface area contributed by atoms with Crippen LogP contribution >= 0.6 is 0 Å². The van der Waals surface area contributed by atoms with Crippen LogP contribution in [0.5, 0.6) is 46.0 Å². The number of nitrogens with two attached hydrogens (primary N) is 2. The molecule has 1 aliphatic rings. The molecule has 0 bridgehead atoms. The topological polar surface area (TPSA) is 349 Å². The van der Waals surface area contributed by atoms with Gasteiger partial charge in [0.1, 0.15) is 32.2 Å². The number of sulfone groups is 2. The van der Waals surface area contributed by atoms with Gasteiger partial charge in [0.2, 0.25) is 5.91 Å². The summed E-state index contributed by atoms with van der Waals surface area (Å²) >= 11 is 0. The molecule has 0 saturated carbocycles. The summed E-state index contributed by atoms with van der Waals surface area (Å²) in [6, 6.07) is 19.8. The summed E-state index contributed by atoms with van der Waals surface area (Å²) < 4.78 is 193. The number of methoxy groups -OCH3 is 4. The highest BCUT2D eigenvalue weighted by molar-refractivity contribution is 7.90. The molecule has 80 heavy (non-hydrogen) atoms. The number of carbonyl (C=O) groups excluding carboxylic acids is 5. The van der Waals surface area contributed by atoms with Crippen LogP contribution in [0.25, 0.3) is 0 Å². The normalized spacial score (nSPS) is 15.3. The van der Waals surface area contributed by atoms with E-state index in [9.17, 15) is 40.8 Å². The predicted octanol–water partition coefficient (Wildman–Crippen LogP) is 7.08. The van der Waals surface area contributed by atoms with Crippen molar-refractivity contribution in [2.75, 3.05) is 77.5 Å². The van der Waals surface area contributed by atoms with Crippen molar-refractivity contribution in [3.63, 3.8) is 0 Å². The highest BCUT2D eigenvalue weighted by Crippen LogP contribution is 2.32. The van der Waals surface area contributed by atoms with Gasteiger partial charge < -0.3 is 64.9 Å². The van der Waals surface area contributed by atoms with Crippen LogP contribution in [0, 0.1) is 0 Å². The molecule has 0 radical (unpaired) electrons. The third-order valence-electron chi connectivity index (χ3n) is 9.33. The molecule has 1 unspecified atom stereocenters. The molecule has 0 aromatic heterocycles. The molecule has 0 aliphatic carbocycles. The van der Waals surface area contributed by atoms with Crippen molar-refractivity contribution in [2.45, 2.75) is 53.9 Å². The summed E-state index contributed by atoms with van der Waals surface area (Å²) in [5.41, 5.74) is 13.6. The average Bonchev–Trinajstić information content (AvgIpc) is 1.78. The van der Waals surface area contributed by atoms with Gasteiger partial charge in [-0.05, 0) is 104 Å². The molecule has 1 aliphatic heterocycles. The maximum absolute atomic E-state index is 11.3. The highest BCUT2D eigenvalue weighted by atomic mass is 32.2. The van der Waals surface area contributed by atoms with E-state index in [1.54, 1.807) is 24.3 Å². The zero-order chi connectivity index (χ0) is 72.9. The second-order valence-electron chi connectivity index (χ2n) is 15.5. The van der Waals surface area contributed by atoms with Crippen LogP contribution in [-0.4, -0.2) is 136 Å². The van der Waals surface area contributed by atoms with Gasteiger partial charge in [0.05, 0.1) is 84.7 Å². The molecule has 1 amide bonds. The number of ether oxygens (including phenoxy) is 8. The van der Waals surface area contributed by atoms with Gasteiger partial charge in [-0.25, -0.2) is 26.4 Å². The number of phenolic OH excluding ortho intramolecular Hbond substituents is 1. The molecular weight excluding hydrogens is 1090 g/mol. The third-order valence-corrected chi connectivity index (χ3v) is 11.3. The van der Waals surface area contributed by atoms with E-state index in [0.717, 1.165) is 19.4 Å². The number of fused-ring (bicyclic) bond motifs is 1. The van der Waals surface area contributed by atoms with Gasteiger partial charge in [0.25, 0.3) is 5.97 Å². The number of cyclic esters (lactones) is 2. The number of carboxylic acid groups (broad SMARTS) is 1. The largest absolute Gasteiger partial charge is 0.504 e. The minimum atomic E-state index is -3.32. The highest BCUT2D eigenvalue weighted by Gasteiger charge is 2.32. The van der Waals surface area contributed by atoms with Gasteiger partial charge in [0, 0.05) is 61.9 Å². The number of hydrogen-bond acceptors (Lipinski definition) is 21. The number of aliphatic carboxylic acids is 1. The zero-order valence-electron chi connectivity index (χ0n) is 58.6. The standard InChI is InChI=1S/2C12H19NO4S.C10H7NO4.C10H12O3.C8H8O3.C2H4O2.CH4/c2*1-4-17-12-7-9(5-6-11(12)16-2)10(13)8-18(3,14)15;1-5(12)11-7-4-2-3-6-8(7)10(14)15-9(6)13;1-3-13-10-6-8(7-11)4-5-9(10)12-2;1-11-8-3-2-6(5-9)4-7(8)10;1-2(3)4;/h2*5-7,10H,4,8,13H2,1-3H3;2-4H,1H3,(H,11,12);4-7H,3H2,1-2H3;2-5,10H,1H3;1H3,(H,3,4);1H4/t10-;;;;;;/m1....../s1/i2*1D3,4D2;;1D3,3D2;;;. The van der Waals surface area contributed by atoms with E-state index in [1.165, 1.54) is 102 Å². The van der Waals surface area contributed by atoms with Crippen molar-refractivity contribution in [1.29, 1.82) is 0 Å². The van der Waals surface area contributed by atoms with Crippen LogP contribution in [0.4, 0.5) is 5.69 Å². The number of aromatic hydroxyl groups is 1. The number of carbonyl (C=O) groups is 6. The quantitative estimate of drug-likeness (QED) is 0.0313. The van der Waals surface area contributed by atoms with Gasteiger partial charge in [-0.15, -0.1) is 0 Å². The zero-order valence-corrected chi connectivity index (χ0v) is 45.2. The Kier molecular flexibility index (Phi) is 22.0. The second-order valence-corrected chi connectivity index (χ2v) is 19.9. The Balaban J connectivity index is 0.00000116. The Labute approximate surface area is 488 Å². The van der Waals surface area contributed by atoms with E-state index in [0.29, 0.717) is 40.7 Å². The number of amides is 1.